The average molecular weight is 385 g/mol. The monoisotopic (exact) mass is 385 g/mol. The number of methoxy groups -OCH3 is 1. The number of para-hydroxylation sites is 3. The number of carboxylic acids is 2. The zero-order valence-electron chi connectivity index (χ0n) is 14.9. The first-order valence-corrected chi connectivity index (χ1v) is 7.83. The first-order chi connectivity index (χ1) is 13.4. The number of carbonyl (C=O) groups is 2. The number of benzene rings is 2. The van der Waals surface area contributed by atoms with Crippen molar-refractivity contribution in [2.75, 3.05) is 7.11 Å². The van der Waals surface area contributed by atoms with Gasteiger partial charge in [-0.1, -0.05) is 24.3 Å². The third-order valence-corrected chi connectivity index (χ3v) is 3.13. The molecular formula is C20H19NO7. The molecule has 1 heterocycles. The number of hydrogen-bond donors (Lipinski definition) is 4. The maximum atomic E-state index is 10.3. The molecule has 0 amide bonds. The van der Waals surface area contributed by atoms with Gasteiger partial charge in [0.15, 0.2) is 11.5 Å². The second kappa shape index (κ2) is 11.5. The van der Waals surface area contributed by atoms with Gasteiger partial charge >= 0.3 is 11.9 Å². The van der Waals surface area contributed by atoms with Crippen LogP contribution in [0.15, 0.2) is 73.1 Å². The second-order valence-corrected chi connectivity index (χ2v) is 5.04. The van der Waals surface area contributed by atoms with Crippen molar-refractivity contribution < 1.29 is 34.8 Å². The van der Waals surface area contributed by atoms with Crippen molar-refractivity contribution in [3.05, 3.63) is 84.2 Å². The van der Waals surface area contributed by atoms with Gasteiger partial charge < -0.3 is 25.2 Å². The van der Waals surface area contributed by atoms with Gasteiger partial charge in [-0.05, 0) is 36.4 Å². The van der Waals surface area contributed by atoms with E-state index in [0.717, 1.165) is 0 Å². The molecule has 0 spiro atoms. The van der Waals surface area contributed by atoms with Gasteiger partial charge in [0.25, 0.3) is 0 Å². The summed E-state index contributed by atoms with van der Waals surface area (Å²) in [4.78, 5) is 24.0. The van der Waals surface area contributed by atoms with E-state index in [4.69, 9.17) is 25.2 Å². The highest BCUT2D eigenvalue weighted by Gasteiger charge is 2.05. The summed E-state index contributed by atoms with van der Waals surface area (Å²) in [5.41, 5.74) is 0.153. The van der Waals surface area contributed by atoms with Crippen LogP contribution in [0.3, 0.4) is 0 Å². The lowest BCUT2D eigenvalue weighted by molar-refractivity contribution is 0.0684. The summed E-state index contributed by atoms with van der Waals surface area (Å²) in [6.07, 6.45) is 2.84. The minimum atomic E-state index is -1.11. The molecule has 0 aliphatic carbocycles. The summed E-state index contributed by atoms with van der Waals surface area (Å²) < 4.78 is 4.79. The van der Waals surface area contributed by atoms with Gasteiger partial charge in [-0.2, -0.15) is 0 Å². The van der Waals surface area contributed by atoms with Gasteiger partial charge in [0.05, 0.1) is 12.7 Å². The molecule has 0 radical (unpaired) electrons. The van der Waals surface area contributed by atoms with Crippen molar-refractivity contribution in [3.63, 3.8) is 0 Å². The van der Waals surface area contributed by atoms with E-state index in [1.165, 1.54) is 37.7 Å². The van der Waals surface area contributed by atoms with Crippen LogP contribution in [0.5, 0.6) is 17.2 Å². The number of aromatic carboxylic acids is 2. The van der Waals surface area contributed by atoms with Crippen molar-refractivity contribution >= 4 is 11.9 Å². The highest BCUT2D eigenvalue weighted by molar-refractivity contribution is 5.90. The fourth-order valence-electron chi connectivity index (χ4n) is 1.77. The van der Waals surface area contributed by atoms with Gasteiger partial charge in [-0.25, -0.2) is 9.59 Å². The van der Waals surface area contributed by atoms with Crippen LogP contribution in [-0.4, -0.2) is 44.5 Å². The van der Waals surface area contributed by atoms with Crippen LogP contribution >= 0.6 is 0 Å². The Kier molecular flexibility index (Phi) is 9.05. The number of aromatic nitrogens is 1. The zero-order chi connectivity index (χ0) is 20.9. The molecule has 0 saturated heterocycles. The number of pyridine rings is 1. The predicted octanol–water partition coefficient (Wildman–Crippen LogP) is 3.27. The molecule has 0 aliphatic heterocycles. The Morgan fingerprint density at radius 3 is 1.79 bits per heavy atom. The van der Waals surface area contributed by atoms with Crippen LogP contribution in [0.4, 0.5) is 0 Å². The summed E-state index contributed by atoms with van der Waals surface area (Å²) in [5.74, 6) is -1.56. The third-order valence-electron chi connectivity index (χ3n) is 3.13. The lowest BCUT2D eigenvalue weighted by Gasteiger charge is -1.99. The molecule has 3 rings (SSSR count). The standard InChI is InChI=1S/C7H6O3.C7H8O2.C6H5NO2/c8-6-4-2-1-3-5(6)7(9)10;1-9-7-5-3-2-4-6(7)8;8-6(9)5-2-1-3-7-4-5/h1-4,8H,(H,9,10);2-5,8H,1H3;1-4H,(H,8,9). The van der Waals surface area contributed by atoms with E-state index in [9.17, 15) is 9.59 Å². The quantitative estimate of drug-likeness (QED) is 0.539. The molecule has 4 N–H and O–H groups in total. The average Bonchev–Trinajstić information content (AvgIpc) is 2.70. The van der Waals surface area contributed by atoms with E-state index in [1.807, 2.05) is 0 Å². The van der Waals surface area contributed by atoms with Gasteiger partial charge in [-0.3, -0.25) is 4.98 Å². The Hall–Kier alpha value is -4.07. The number of ether oxygens (including phenoxy) is 1. The predicted molar refractivity (Wildman–Crippen MR) is 101 cm³/mol. The SMILES string of the molecule is COc1ccccc1O.O=C(O)c1ccccc1O.O=C(O)c1cccnc1. The van der Waals surface area contributed by atoms with Crippen LogP contribution in [0.25, 0.3) is 0 Å². The molecule has 8 heteroatoms. The molecule has 28 heavy (non-hydrogen) atoms. The van der Waals surface area contributed by atoms with E-state index in [0.29, 0.717) is 5.75 Å². The minimum Gasteiger partial charge on any atom is -0.507 e. The fraction of sp³-hybridized carbons (Fsp3) is 0.0500. The molecule has 1 aromatic heterocycles. The number of aromatic hydroxyl groups is 2. The number of phenolic OH excluding ortho intramolecular Hbond substituents is 1. The molecule has 0 bridgehead atoms. The molecule has 0 saturated carbocycles. The number of rotatable bonds is 3. The second-order valence-electron chi connectivity index (χ2n) is 5.04. The van der Waals surface area contributed by atoms with Gasteiger partial charge in [0.2, 0.25) is 0 Å². The maximum absolute atomic E-state index is 10.3. The number of carboxylic acid groups (broad SMARTS) is 2. The Morgan fingerprint density at radius 2 is 1.43 bits per heavy atom. The first-order valence-electron chi connectivity index (χ1n) is 7.83. The molecule has 2 aromatic carbocycles. The minimum absolute atomic E-state index is 0.0671. The highest BCUT2D eigenvalue weighted by atomic mass is 16.5. The van der Waals surface area contributed by atoms with Gasteiger partial charge in [0, 0.05) is 12.4 Å². The van der Waals surface area contributed by atoms with Crippen LogP contribution in [0.2, 0.25) is 0 Å². The molecule has 3 aromatic rings. The van der Waals surface area contributed by atoms with E-state index in [2.05, 4.69) is 4.98 Å². The number of nitrogens with zero attached hydrogens (tertiary/aromatic N) is 1. The normalized spacial score (nSPS) is 9.04. The highest BCUT2D eigenvalue weighted by Crippen LogP contribution is 2.23. The Bertz CT molecular complexity index is 898. The molecule has 0 fully saturated rings. The number of phenols is 2. The molecule has 8 nitrogen and oxygen atoms in total. The van der Waals surface area contributed by atoms with Crippen LogP contribution in [0.1, 0.15) is 20.7 Å². The lowest BCUT2D eigenvalue weighted by atomic mass is 10.2. The van der Waals surface area contributed by atoms with Crippen LogP contribution < -0.4 is 4.74 Å². The maximum Gasteiger partial charge on any atom is 0.339 e. The number of hydrogen-bond acceptors (Lipinski definition) is 6. The summed E-state index contributed by atoms with van der Waals surface area (Å²) in [6, 6.07) is 15.7. The summed E-state index contributed by atoms with van der Waals surface area (Å²) in [6.45, 7) is 0. The molecule has 146 valence electrons. The molecule has 0 unspecified atom stereocenters. The van der Waals surface area contributed by atoms with Crippen molar-refractivity contribution in [2.24, 2.45) is 0 Å². The van der Waals surface area contributed by atoms with Crippen molar-refractivity contribution in [2.45, 2.75) is 0 Å². The van der Waals surface area contributed by atoms with E-state index >= 15 is 0 Å². The molecule has 0 atom stereocenters. The first kappa shape index (κ1) is 22.0. The summed E-state index contributed by atoms with van der Waals surface area (Å²) in [7, 11) is 1.52. The largest absolute Gasteiger partial charge is 0.507 e. The van der Waals surface area contributed by atoms with Crippen molar-refractivity contribution in [1.29, 1.82) is 0 Å². The van der Waals surface area contributed by atoms with E-state index in [-0.39, 0.29) is 22.6 Å². The Balaban J connectivity index is 0.000000210. The zero-order valence-corrected chi connectivity index (χ0v) is 14.9. The lowest BCUT2D eigenvalue weighted by Crippen LogP contribution is -1.95. The topological polar surface area (TPSA) is 137 Å². The van der Waals surface area contributed by atoms with E-state index < -0.39 is 11.9 Å². The van der Waals surface area contributed by atoms with Crippen LogP contribution in [-0.2, 0) is 0 Å². The smallest absolute Gasteiger partial charge is 0.339 e. The van der Waals surface area contributed by atoms with Crippen molar-refractivity contribution in [1.82, 2.24) is 4.98 Å². The molecule has 0 aliphatic rings. The third kappa shape index (κ3) is 7.44. The molecular weight excluding hydrogens is 366 g/mol. The van der Waals surface area contributed by atoms with Gasteiger partial charge in [0.1, 0.15) is 11.3 Å². The van der Waals surface area contributed by atoms with E-state index in [1.54, 1.807) is 42.5 Å². The Labute approximate surface area is 160 Å². The fourth-order valence-corrected chi connectivity index (χ4v) is 1.77. The summed E-state index contributed by atoms with van der Waals surface area (Å²) in [5, 5.41) is 34.6. The summed E-state index contributed by atoms with van der Waals surface area (Å²) >= 11 is 0. The Morgan fingerprint density at radius 1 is 0.821 bits per heavy atom. The van der Waals surface area contributed by atoms with Crippen molar-refractivity contribution in [3.8, 4) is 17.2 Å². The van der Waals surface area contributed by atoms with Crippen LogP contribution in [0, 0.1) is 0 Å². The van der Waals surface area contributed by atoms with Gasteiger partial charge in [-0.15, -0.1) is 0 Å².